The van der Waals surface area contributed by atoms with Gasteiger partial charge in [0.25, 0.3) is 0 Å². The standard InChI is InChI=1S/C18H21ClN2O/c1-12-4-9-17(13(2)10-12)21-18(22)11-20-14(3)15-5-7-16(19)8-6-15/h4-10,14,20H,11H2,1-3H3,(H,21,22)/t14-/m0/s1. The lowest BCUT2D eigenvalue weighted by Crippen LogP contribution is -2.30. The summed E-state index contributed by atoms with van der Waals surface area (Å²) >= 11 is 5.88. The molecule has 0 aliphatic heterocycles. The molecule has 3 nitrogen and oxygen atoms in total. The van der Waals surface area contributed by atoms with E-state index in [2.05, 4.69) is 16.7 Å². The number of carbonyl (C=O) groups is 1. The monoisotopic (exact) mass is 316 g/mol. The Hall–Kier alpha value is -1.84. The SMILES string of the molecule is Cc1ccc(NC(=O)CN[C@@H](C)c2ccc(Cl)cc2)c(C)c1. The van der Waals surface area contributed by atoms with Crippen molar-refractivity contribution in [3.63, 3.8) is 0 Å². The first-order valence-electron chi connectivity index (χ1n) is 7.31. The minimum absolute atomic E-state index is 0.0484. The molecule has 0 saturated heterocycles. The van der Waals surface area contributed by atoms with E-state index in [1.807, 2.05) is 57.2 Å². The molecule has 1 atom stereocenters. The number of hydrogen-bond donors (Lipinski definition) is 2. The van der Waals surface area contributed by atoms with Crippen LogP contribution in [0, 0.1) is 13.8 Å². The van der Waals surface area contributed by atoms with Gasteiger partial charge in [-0.25, -0.2) is 0 Å². The molecule has 0 aliphatic rings. The Morgan fingerprint density at radius 2 is 1.82 bits per heavy atom. The Kier molecular flexibility index (Phi) is 5.58. The number of halogens is 1. The molecule has 2 aromatic carbocycles. The van der Waals surface area contributed by atoms with Crippen LogP contribution in [-0.4, -0.2) is 12.5 Å². The number of nitrogens with one attached hydrogen (secondary N) is 2. The van der Waals surface area contributed by atoms with Gasteiger partial charge in [-0.3, -0.25) is 4.79 Å². The van der Waals surface area contributed by atoms with Crippen LogP contribution in [0.5, 0.6) is 0 Å². The van der Waals surface area contributed by atoms with Crippen molar-refractivity contribution in [2.45, 2.75) is 26.8 Å². The fourth-order valence-electron chi connectivity index (χ4n) is 2.26. The average molecular weight is 317 g/mol. The predicted molar refractivity (Wildman–Crippen MR) is 92.4 cm³/mol. The van der Waals surface area contributed by atoms with E-state index in [0.29, 0.717) is 5.02 Å². The third-order valence-electron chi connectivity index (χ3n) is 3.59. The van der Waals surface area contributed by atoms with Crippen molar-refractivity contribution in [3.8, 4) is 0 Å². The first-order valence-corrected chi connectivity index (χ1v) is 7.69. The van der Waals surface area contributed by atoms with Gasteiger partial charge in [-0.2, -0.15) is 0 Å². The summed E-state index contributed by atoms with van der Waals surface area (Å²) in [7, 11) is 0. The lowest BCUT2D eigenvalue weighted by molar-refractivity contribution is -0.115. The lowest BCUT2D eigenvalue weighted by Gasteiger charge is -2.15. The molecular weight excluding hydrogens is 296 g/mol. The molecule has 0 radical (unpaired) electrons. The van der Waals surface area contributed by atoms with Gasteiger partial charge in [0, 0.05) is 16.8 Å². The second-order valence-corrected chi connectivity index (χ2v) is 5.96. The molecule has 0 aliphatic carbocycles. The normalized spacial score (nSPS) is 12.0. The summed E-state index contributed by atoms with van der Waals surface area (Å²) in [6, 6.07) is 13.7. The molecule has 0 fully saturated rings. The van der Waals surface area contributed by atoms with E-state index < -0.39 is 0 Å². The topological polar surface area (TPSA) is 41.1 Å². The zero-order chi connectivity index (χ0) is 16.1. The van der Waals surface area contributed by atoms with Crippen molar-refractivity contribution in [1.82, 2.24) is 5.32 Å². The van der Waals surface area contributed by atoms with Crippen LogP contribution < -0.4 is 10.6 Å². The van der Waals surface area contributed by atoms with Crippen LogP contribution in [0.2, 0.25) is 5.02 Å². The number of rotatable bonds is 5. The maximum atomic E-state index is 12.0. The summed E-state index contributed by atoms with van der Waals surface area (Å²) in [5.74, 6) is -0.0484. The maximum Gasteiger partial charge on any atom is 0.238 e. The van der Waals surface area contributed by atoms with Gasteiger partial charge in [0.1, 0.15) is 0 Å². The molecule has 2 N–H and O–H groups in total. The third kappa shape index (κ3) is 4.58. The van der Waals surface area contributed by atoms with Crippen molar-refractivity contribution in [1.29, 1.82) is 0 Å². The van der Waals surface area contributed by atoms with Crippen LogP contribution in [0.15, 0.2) is 42.5 Å². The highest BCUT2D eigenvalue weighted by molar-refractivity contribution is 6.30. The molecule has 0 bridgehead atoms. The molecule has 0 heterocycles. The van der Waals surface area contributed by atoms with E-state index in [9.17, 15) is 4.79 Å². The van der Waals surface area contributed by atoms with E-state index >= 15 is 0 Å². The minimum Gasteiger partial charge on any atom is -0.325 e. The Bertz CT molecular complexity index is 653. The van der Waals surface area contributed by atoms with Crippen LogP contribution in [0.1, 0.15) is 29.7 Å². The molecule has 2 aromatic rings. The maximum absolute atomic E-state index is 12.0. The molecule has 4 heteroatoms. The van der Waals surface area contributed by atoms with Gasteiger partial charge >= 0.3 is 0 Å². The Balaban J connectivity index is 1.88. The number of benzene rings is 2. The Labute approximate surface area is 136 Å². The highest BCUT2D eigenvalue weighted by Crippen LogP contribution is 2.17. The first-order chi connectivity index (χ1) is 10.5. The van der Waals surface area contributed by atoms with Gasteiger partial charge in [0.2, 0.25) is 5.91 Å². The number of amides is 1. The molecule has 116 valence electrons. The van der Waals surface area contributed by atoms with Crippen molar-refractivity contribution < 1.29 is 4.79 Å². The van der Waals surface area contributed by atoms with E-state index in [1.54, 1.807) is 0 Å². The van der Waals surface area contributed by atoms with Crippen LogP contribution in [-0.2, 0) is 4.79 Å². The first kappa shape index (κ1) is 16.5. The Morgan fingerprint density at radius 3 is 2.45 bits per heavy atom. The minimum atomic E-state index is -0.0484. The van der Waals surface area contributed by atoms with Gasteiger partial charge in [0.05, 0.1) is 6.54 Å². The van der Waals surface area contributed by atoms with Gasteiger partial charge in [-0.1, -0.05) is 41.4 Å². The lowest BCUT2D eigenvalue weighted by atomic mass is 10.1. The molecule has 1 amide bonds. The smallest absolute Gasteiger partial charge is 0.238 e. The van der Waals surface area contributed by atoms with Gasteiger partial charge < -0.3 is 10.6 Å². The fraction of sp³-hybridized carbons (Fsp3) is 0.278. The summed E-state index contributed by atoms with van der Waals surface area (Å²) in [4.78, 5) is 12.0. The van der Waals surface area contributed by atoms with E-state index in [1.165, 1.54) is 5.56 Å². The molecule has 2 rings (SSSR count). The largest absolute Gasteiger partial charge is 0.325 e. The zero-order valence-electron chi connectivity index (χ0n) is 13.1. The van der Waals surface area contributed by atoms with E-state index in [0.717, 1.165) is 16.8 Å². The predicted octanol–water partition coefficient (Wildman–Crippen LogP) is 4.25. The van der Waals surface area contributed by atoms with Gasteiger partial charge in [-0.15, -0.1) is 0 Å². The number of anilines is 1. The molecule has 0 aromatic heterocycles. The van der Waals surface area contributed by atoms with E-state index in [4.69, 9.17) is 11.6 Å². The average Bonchev–Trinajstić information content (AvgIpc) is 2.48. The van der Waals surface area contributed by atoms with Crippen molar-refractivity contribution in [2.24, 2.45) is 0 Å². The summed E-state index contributed by atoms with van der Waals surface area (Å²) in [5.41, 5.74) is 4.21. The van der Waals surface area contributed by atoms with Crippen LogP contribution >= 0.6 is 11.6 Å². The summed E-state index contributed by atoms with van der Waals surface area (Å²) in [6.45, 7) is 6.31. The fourth-order valence-corrected chi connectivity index (χ4v) is 2.39. The molecule has 0 unspecified atom stereocenters. The second kappa shape index (κ2) is 7.43. The zero-order valence-corrected chi connectivity index (χ0v) is 13.9. The van der Waals surface area contributed by atoms with Crippen LogP contribution in [0.4, 0.5) is 5.69 Å². The summed E-state index contributed by atoms with van der Waals surface area (Å²) in [5, 5.41) is 6.86. The quantitative estimate of drug-likeness (QED) is 0.866. The number of carbonyl (C=O) groups excluding carboxylic acids is 1. The summed E-state index contributed by atoms with van der Waals surface area (Å²) < 4.78 is 0. The second-order valence-electron chi connectivity index (χ2n) is 5.52. The number of hydrogen-bond acceptors (Lipinski definition) is 2. The van der Waals surface area contributed by atoms with Gasteiger partial charge in [-0.05, 0) is 50.1 Å². The van der Waals surface area contributed by atoms with Crippen molar-refractivity contribution in [2.75, 3.05) is 11.9 Å². The highest BCUT2D eigenvalue weighted by atomic mass is 35.5. The number of aryl methyl sites for hydroxylation is 2. The Morgan fingerprint density at radius 1 is 1.14 bits per heavy atom. The van der Waals surface area contributed by atoms with Gasteiger partial charge in [0.15, 0.2) is 0 Å². The molecule has 22 heavy (non-hydrogen) atoms. The summed E-state index contributed by atoms with van der Waals surface area (Å²) in [6.07, 6.45) is 0. The third-order valence-corrected chi connectivity index (χ3v) is 3.85. The molecule has 0 spiro atoms. The highest BCUT2D eigenvalue weighted by Gasteiger charge is 2.09. The van der Waals surface area contributed by atoms with Crippen LogP contribution in [0.3, 0.4) is 0 Å². The van der Waals surface area contributed by atoms with E-state index in [-0.39, 0.29) is 18.5 Å². The molecular formula is C18H21ClN2O. The van der Waals surface area contributed by atoms with Crippen molar-refractivity contribution in [3.05, 3.63) is 64.2 Å². The van der Waals surface area contributed by atoms with Crippen molar-refractivity contribution >= 4 is 23.2 Å². The van der Waals surface area contributed by atoms with Crippen LogP contribution in [0.25, 0.3) is 0 Å². The molecule has 0 saturated carbocycles.